The Balaban J connectivity index is 0.000000139. The molecule has 0 radical (unpaired) electrons. The van der Waals surface area contributed by atoms with Gasteiger partial charge in [0, 0.05) is 132 Å². The van der Waals surface area contributed by atoms with Crippen LogP contribution in [0.2, 0.25) is 0 Å². The number of nitrogens with zero attached hydrogens (tertiary/aromatic N) is 6. The van der Waals surface area contributed by atoms with Crippen molar-refractivity contribution >= 4 is 235 Å². The number of aromatic amines is 2. The molecule has 0 spiro atoms. The summed E-state index contributed by atoms with van der Waals surface area (Å²) in [6, 6.07) is 50.3. The number of alkyl halides is 3. The van der Waals surface area contributed by atoms with Gasteiger partial charge < -0.3 is 55.0 Å². The maximum Gasteiger partial charge on any atom is 0.492 e. The van der Waals surface area contributed by atoms with E-state index in [1.165, 1.54) is 40.1 Å². The molecule has 121 heavy (non-hydrogen) atoms. The highest BCUT2D eigenvalue weighted by atomic mass is 79.9. The van der Waals surface area contributed by atoms with Crippen molar-refractivity contribution in [3.05, 3.63) is 309 Å². The van der Waals surface area contributed by atoms with E-state index in [1.54, 1.807) is 112 Å². The van der Waals surface area contributed by atoms with Gasteiger partial charge in [-0.3, -0.25) is 19.9 Å². The average Bonchev–Trinajstić information content (AvgIpc) is 1.65. The molecule has 5 aromatic carbocycles. The number of nitrogen functional groups attached to an aromatic ring is 2. The number of H-pyrrole nitrogens is 2. The number of allylic oxidation sites excluding steroid dienone is 1. The summed E-state index contributed by atoms with van der Waals surface area (Å²) in [5.41, 5.74) is 24.9. The van der Waals surface area contributed by atoms with Gasteiger partial charge in [0.15, 0.2) is 15.9 Å². The van der Waals surface area contributed by atoms with Crippen LogP contribution in [0.15, 0.2) is 276 Å². The van der Waals surface area contributed by atoms with E-state index in [-0.39, 0.29) is 30.4 Å². The fourth-order valence-electron chi connectivity index (χ4n) is 11.8. The summed E-state index contributed by atoms with van der Waals surface area (Å²) in [6.45, 7) is 11.7. The number of benzene rings is 5. The Morgan fingerprint density at radius 2 is 0.983 bits per heavy atom. The number of aliphatic hydroxyl groups excluding tert-OH is 1. The summed E-state index contributed by atoms with van der Waals surface area (Å²) >= 11 is 36.5. The van der Waals surface area contributed by atoms with E-state index in [0.29, 0.717) is 50.1 Å². The van der Waals surface area contributed by atoms with Crippen molar-refractivity contribution in [2.24, 2.45) is 4.99 Å². The van der Waals surface area contributed by atoms with E-state index in [9.17, 15) is 10.0 Å². The molecule has 626 valence electrons. The summed E-state index contributed by atoms with van der Waals surface area (Å²) in [4.78, 5) is 31.5. The van der Waals surface area contributed by atoms with Crippen LogP contribution < -0.4 is 40.6 Å². The number of nitrogens with two attached hydrogens (primary N) is 2. The Morgan fingerprint density at radius 3 is 1.46 bits per heavy atom. The number of hydrogen-bond donors (Lipinski definition) is 5. The van der Waals surface area contributed by atoms with Crippen LogP contribution in [0.4, 0.5) is 11.6 Å². The Kier molecular flexibility index (Phi) is 36.0. The molecule has 0 bridgehead atoms. The molecule has 18 rings (SSSR count). The van der Waals surface area contributed by atoms with Crippen LogP contribution in [-0.4, -0.2) is 104 Å². The molecule has 19 nitrogen and oxygen atoms in total. The molecule has 0 atom stereocenters. The first-order valence-corrected chi connectivity index (χ1v) is 47.0. The molecule has 32 heteroatoms. The number of ether oxygens (including phenoxy) is 4. The van der Waals surface area contributed by atoms with Crippen LogP contribution in [0.25, 0.3) is 65.8 Å². The van der Waals surface area contributed by atoms with Gasteiger partial charge in [-0.15, -0.1) is 0 Å². The fraction of sp³-hybridized carbons (Fsp3) is 0.202. The number of aromatic nitrogens is 7. The van der Waals surface area contributed by atoms with E-state index in [4.69, 9.17) is 79.6 Å². The highest BCUT2D eigenvalue weighted by Gasteiger charge is 2.52. The molecule has 11 aromatic heterocycles. The molecule has 2 aliphatic heterocycles. The van der Waals surface area contributed by atoms with E-state index < -0.39 is 4.30 Å². The Morgan fingerprint density at radius 1 is 0.537 bits per heavy atom. The first-order chi connectivity index (χ1) is 58.4. The minimum Gasteiger partial charge on any atom is -0.618 e. The number of thiophene rings is 5. The number of pyridine rings is 5. The van der Waals surface area contributed by atoms with Crippen LogP contribution in [0.3, 0.4) is 0 Å². The summed E-state index contributed by atoms with van der Waals surface area (Å²) in [6.07, 6.45) is 14.8. The van der Waals surface area contributed by atoms with Crippen molar-refractivity contribution in [2.45, 2.75) is 75.3 Å². The number of halogens is 7. The van der Waals surface area contributed by atoms with Crippen LogP contribution >= 0.6 is 155 Å². The second-order valence-electron chi connectivity index (χ2n) is 27.7. The second kappa shape index (κ2) is 46.8. The van der Waals surface area contributed by atoms with E-state index >= 15 is 0 Å². The highest BCUT2D eigenvalue weighted by Crippen LogP contribution is 2.39. The first-order valence-electron chi connectivity index (χ1n) is 37.8. The lowest BCUT2D eigenvalue weighted by Gasteiger charge is -2.32. The van der Waals surface area contributed by atoms with Crippen molar-refractivity contribution in [3.63, 3.8) is 0 Å². The molecule has 2 aliphatic rings. The van der Waals surface area contributed by atoms with Crippen LogP contribution in [0.5, 0.6) is 23.0 Å². The zero-order chi connectivity index (χ0) is 85.7. The molecular formula is C89H84BBr4Cl3N10O9S5. The lowest BCUT2D eigenvalue weighted by atomic mass is 9.79. The van der Waals surface area contributed by atoms with Crippen LogP contribution in [0.1, 0.15) is 55.5 Å². The smallest absolute Gasteiger partial charge is 0.492 e. The van der Waals surface area contributed by atoms with Gasteiger partial charge in [0.25, 0.3) is 0 Å². The predicted octanol–water partition coefficient (Wildman–Crippen LogP) is 23.9. The first kappa shape index (κ1) is 93.1. The Bertz CT molecular complexity index is 6020. The zero-order valence-electron chi connectivity index (χ0n) is 65.9. The van der Waals surface area contributed by atoms with E-state index in [0.717, 1.165) is 143 Å². The maximum atomic E-state index is 11.8. The summed E-state index contributed by atoms with van der Waals surface area (Å²) < 4.78 is 39.3. The number of fused-ring (bicyclic) bond motifs is 5. The second-order valence-corrected chi connectivity index (χ2v) is 37.3. The van der Waals surface area contributed by atoms with Gasteiger partial charge in [0.05, 0.1) is 77.3 Å². The lowest BCUT2D eigenvalue weighted by Crippen LogP contribution is -2.41. The van der Waals surface area contributed by atoms with Gasteiger partial charge in [-0.1, -0.05) is 105 Å². The molecule has 1 saturated heterocycles. The van der Waals surface area contributed by atoms with Gasteiger partial charge in [0.1, 0.15) is 34.6 Å². The Labute approximate surface area is 770 Å². The van der Waals surface area contributed by atoms with Crippen molar-refractivity contribution in [3.8, 4) is 34.3 Å². The number of hydrogen-bond acceptors (Lipinski definition) is 21. The van der Waals surface area contributed by atoms with Gasteiger partial charge in [-0.2, -0.15) is 66.5 Å². The quantitative estimate of drug-likeness (QED) is 0.0205. The van der Waals surface area contributed by atoms with E-state index in [1.807, 2.05) is 109 Å². The average molecular weight is 2030 g/mol. The number of aliphatic imine (C=N–C) groups is 1. The minimum absolute atomic E-state index is 0.0521. The highest BCUT2D eigenvalue weighted by molar-refractivity contribution is 9.11. The van der Waals surface area contributed by atoms with Gasteiger partial charge >= 0.3 is 7.12 Å². The third kappa shape index (κ3) is 28.5. The topological polar surface area (TPSA) is 267 Å². The summed E-state index contributed by atoms with van der Waals surface area (Å²) in [5.74, 6) is 4.12. The minimum atomic E-state index is -0.750. The van der Waals surface area contributed by atoms with Crippen molar-refractivity contribution in [1.29, 1.82) is 0 Å². The molecule has 0 saturated carbocycles. The largest absolute Gasteiger partial charge is 0.618 e. The number of rotatable bonds is 20. The zero-order valence-corrected chi connectivity index (χ0v) is 78.6. The summed E-state index contributed by atoms with van der Waals surface area (Å²) in [7, 11) is -0.220. The molecule has 0 unspecified atom stereocenters. The standard InChI is InChI=1S/C18H16N4OS.C15H13BrN2OS.C15H12BrNO2S.C15H12BrNOS.C10H16BNO2.C9H6BrNO.C6H8OS.CHCl3/c19-18-10-17(23-7-4-12-5-8-24-11-12)14-2-1-13(9-16(14)21-18)15-3-6-20-22-15;16-11-1-2-12-13(7-11)18-15(17)8-14(12)19-5-3-10-4-6-20-9-10;16-12-1-2-13-14(9-12)17(18)6-3-15(13)19-7-4-11-5-8-20-10-11;16-12-1-2-13-14(9-12)17-6-3-15(13)18-7-4-11-5-8-19-10-11;1-9(2)10(3,4)14-11(13-9)8-5-6-12-7-8;10-6-1-2-7-8(5-6)11-4-3-9(7)12;7-3-1-6-2-4-8-5-6;2-1(3)4/h1-3,5-6,8-11H,4,7H2,(H2,19,21)(H,20,22);1-2,4,6-9H,3,5H2,(H2,17,18);1-3,5-6,8-10H,4,7H2;1-3,5-6,8-10H,4,7H2;5-6H,7H2,1-4H3;1-5H,(H,11,12);2,4-5,7H,1,3H2;1H. The SMILES string of the molecule is Brc1ccc2c(OCCc3ccsc3)ccnc2c1.CC1(C)OB(C2=CC=NC2)OC1(C)C.ClC(Cl)Cl.Nc1cc(OCCc2ccsc2)c2ccc(-c3ccn[nH]3)cc2n1.Nc1cc(OCCc2ccsc2)c2ccc(Br)cc2n1.O=c1cc[nH]c2cc(Br)ccc12.OCCc1ccsc1.[O-][n+]1ccc(OCCc2ccsc2)c2ccc(Br)cc21. The monoisotopic (exact) mass is 2030 g/mol. The van der Waals surface area contributed by atoms with Gasteiger partial charge in [-0.25, -0.2) is 9.97 Å². The van der Waals surface area contributed by atoms with Crippen molar-refractivity contribution < 1.29 is 38.1 Å². The number of aliphatic hydroxyl groups is 1. The molecule has 0 amide bonds. The maximum absolute atomic E-state index is 11.8. The molecule has 13 heterocycles. The molecule has 1 fully saturated rings. The Hall–Kier alpha value is -8.60. The van der Waals surface area contributed by atoms with E-state index in [2.05, 4.69) is 199 Å². The van der Waals surface area contributed by atoms with Crippen molar-refractivity contribution in [2.75, 3.05) is 51.0 Å². The predicted molar refractivity (Wildman–Crippen MR) is 518 cm³/mol. The fourth-order valence-corrected chi connectivity index (χ4v) is 16.8. The van der Waals surface area contributed by atoms with Crippen molar-refractivity contribution in [1.82, 2.24) is 30.1 Å². The third-order valence-corrected chi connectivity index (χ3v) is 24.3. The normalized spacial score (nSPS) is 12.7. The van der Waals surface area contributed by atoms with Crippen LogP contribution in [0, 0.1) is 5.21 Å². The molecule has 7 N–H and O–H groups in total. The summed E-state index contributed by atoms with van der Waals surface area (Å²) in [5, 5.41) is 52.6. The number of anilines is 2. The molecule has 0 aliphatic carbocycles. The van der Waals surface area contributed by atoms with Gasteiger partial charge in [0.2, 0.25) is 5.52 Å². The van der Waals surface area contributed by atoms with Crippen LogP contribution in [-0.2, 0) is 41.4 Å². The molecular weight excluding hydrogens is 1950 g/mol. The number of nitrogens with one attached hydrogen (secondary N) is 2. The lowest BCUT2D eigenvalue weighted by molar-refractivity contribution is -0.577. The third-order valence-electron chi connectivity index (χ3n) is 18.7. The van der Waals surface area contributed by atoms with Gasteiger partial charge in [-0.05, 0) is 249 Å². The molecule has 16 aromatic rings.